The molecular formula is C14H13N5. The third-order valence-corrected chi connectivity index (χ3v) is 2.88. The first kappa shape index (κ1) is 11.3. The fraction of sp³-hybridized carbons (Fsp3) is 0. The highest BCUT2D eigenvalue weighted by Crippen LogP contribution is 2.30. The van der Waals surface area contributed by atoms with Crippen molar-refractivity contribution >= 4 is 33.5 Å². The summed E-state index contributed by atoms with van der Waals surface area (Å²) in [6.45, 7) is 0. The molecule has 3 rings (SSSR count). The van der Waals surface area contributed by atoms with Gasteiger partial charge in [0.2, 0.25) is 5.96 Å². The first-order chi connectivity index (χ1) is 9.25. The number of para-hydroxylation sites is 2. The van der Waals surface area contributed by atoms with Gasteiger partial charge in [-0.05, 0) is 12.1 Å². The van der Waals surface area contributed by atoms with E-state index < -0.39 is 0 Å². The number of anilines is 1. The van der Waals surface area contributed by atoms with Crippen molar-refractivity contribution in [3.63, 3.8) is 0 Å². The molecular weight excluding hydrogens is 238 g/mol. The Morgan fingerprint density at radius 2 is 1.42 bits per heavy atom. The van der Waals surface area contributed by atoms with Crippen LogP contribution < -0.4 is 16.9 Å². The van der Waals surface area contributed by atoms with E-state index >= 15 is 0 Å². The van der Waals surface area contributed by atoms with Gasteiger partial charge in [-0.3, -0.25) is 5.43 Å². The van der Waals surface area contributed by atoms with Gasteiger partial charge < -0.3 is 11.5 Å². The van der Waals surface area contributed by atoms with E-state index in [1.165, 1.54) is 0 Å². The summed E-state index contributed by atoms with van der Waals surface area (Å²) in [5, 5.41) is 5.85. The van der Waals surface area contributed by atoms with Crippen molar-refractivity contribution in [1.82, 2.24) is 4.98 Å². The summed E-state index contributed by atoms with van der Waals surface area (Å²) < 4.78 is 0. The zero-order valence-electron chi connectivity index (χ0n) is 10.2. The maximum Gasteiger partial charge on any atom is 0.208 e. The van der Waals surface area contributed by atoms with E-state index in [0.29, 0.717) is 0 Å². The number of pyridine rings is 1. The molecule has 1 aromatic heterocycles. The highest BCUT2D eigenvalue weighted by Gasteiger charge is 2.07. The molecule has 0 fully saturated rings. The predicted molar refractivity (Wildman–Crippen MR) is 78.7 cm³/mol. The molecule has 0 amide bonds. The Morgan fingerprint density at radius 1 is 0.895 bits per heavy atom. The van der Waals surface area contributed by atoms with Crippen molar-refractivity contribution in [1.29, 1.82) is 0 Å². The summed E-state index contributed by atoms with van der Waals surface area (Å²) in [6, 6.07) is 15.7. The second kappa shape index (κ2) is 4.45. The molecule has 0 saturated heterocycles. The molecule has 2 aromatic carbocycles. The summed E-state index contributed by atoms with van der Waals surface area (Å²) in [5.41, 5.74) is 16.3. The lowest BCUT2D eigenvalue weighted by Crippen LogP contribution is -2.24. The zero-order chi connectivity index (χ0) is 13.2. The number of nitrogens with one attached hydrogen (secondary N) is 1. The average Bonchev–Trinajstić information content (AvgIpc) is 2.43. The number of hydrogen-bond donors (Lipinski definition) is 3. The molecule has 0 unspecified atom stereocenters. The van der Waals surface area contributed by atoms with Gasteiger partial charge in [0, 0.05) is 10.8 Å². The lowest BCUT2D eigenvalue weighted by molar-refractivity contribution is 1.30. The Morgan fingerprint density at radius 3 is 1.95 bits per heavy atom. The minimum Gasteiger partial charge on any atom is -0.369 e. The lowest BCUT2D eigenvalue weighted by atomic mass is 10.1. The average molecular weight is 251 g/mol. The first-order valence-corrected chi connectivity index (χ1v) is 5.88. The number of nitrogens with zero attached hydrogens (tertiary/aromatic N) is 2. The van der Waals surface area contributed by atoms with E-state index in [2.05, 4.69) is 15.5 Å². The topological polar surface area (TPSA) is 89.3 Å². The molecule has 0 aliphatic rings. The van der Waals surface area contributed by atoms with Gasteiger partial charge in [-0.1, -0.05) is 36.4 Å². The van der Waals surface area contributed by atoms with E-state index in [9.17, 15) is 0 Å². The quantitative estimate of drug-likeness (QED) is 0.281. The molecule has 19 heavy (non-hydrogen) atoms. The summed E-state index contributed by atoms with van der Waals surface area (Å²) in [7, 11) is 0. The van der Waals surface area contributed by atoms with Gasteiger partial charge in [0.05, 0.1) is 16.7 Å². The Labute approximate surface area is 109 Å². The second-order valence-corrected chi connectivity index (χ2v) is 4.17. The Hall–Kier alpha value is -2.82. The monoisotopic (exact) mass is 251 g/mol. The van der Waals surface area contributed by atoms with Crippen LogP contribution in [0.2, 0.25) is 0 Å². The predicted octanol–water partition coefficient (Wildman–Crippen LogP) is 1.99. The number of aromatic nitrogens is 1. The number of benzene rings is 2. The maximum absolute atomic E-state index is 5.38. The van der Waals surface area contributed by atoms with Crippen molar-refractivity contribution in [3.8, 4) is 0 Å². The van der Waals surface area contributed by atoms with Gasteiger partial charge in [-0.2, -0.15) is 0 Å². The molecule has 0 atom stereocenters. The van der Waals surface area contributed by atoms with Gasteiger partial charge in [0.1, 0.15) is 0 Å². The molecule has 0 aliphatic carbocycles. The van der Waals surface area contributed by atoms with Crippen molar-refractivity contribution in [2.45, 2.75) is 0 Å². The number of guanidine groups is 1. The molecule has 0 aliphatic heterocycles. The van der Waals surface area contributed by atoms with Gasteiger partial charge in [-0.25, -0.2) is 4.98 Å². The molecule has 5 heteroatoms. The van der Waals surface area contributed by atoms with Crippen LogP contribution in [0, 0.1) is 0 Å². The van der Waals surface area contributed by atoms with Crippen LogP contribution in [0.15, 0.2) is 53.6 Å². The van der Waals surface area contributed by atoms with Crippen LogP contribution in [0.4, 0.5) is 5.69 Å². The summed E-state index contributed by atoms with van der Waals surface area (Å²) in [5.74, 6) is -0.00928. The molecule has 94 valence electrons. The third-order valence-electron chi connectivity index (χ3n) is 2.88. The fourth-order valence-electron chi connectivity index (χ4n) is 2.08. The molecule has 1 heterocycles. The minimum atomic E-state index is -0.00928. The SMILES string of the molecule is NC(N)=NNc1c2ccccc2nc2ccccc12. The molecule has 3 aromatic rings. The van der Waals surface area contributed by atoms with Gasteiger partial charge in [0.15, 0.2) is 0 Å². The minimum absolute atomic E-state index is 0.00928. The lowest BCUT2D eigenvalue weighted by Gasteiger charge is -2.09. The first-order valence-electron chi connectivity index (χ1n) is 5.88. The highest BCUT2D eigenvalue weighted by atomic mass is 15.3. The summed E-state index contributed by atoms with van der Waals surface area (Å²) in [4.78, 5) is 4.61. The van der Waals surface area contributed by atoms with Crippen LogP contribution in [-0.4, -0.2) is 10.9 Å². The van der Waals surface area contributed by atoms with Gasteiger partial charge >= 0.3 is 0 Å². The third kappa shape index (κ3) is 2.01. The van der Waals surface area contributed by atoms with E-state index in [1.54, 1.807) is 0 Å². The van der Waals surface area contributed by atoms with Crippen LogP contribution >= 0.6 is 0 Å². The van der Waals surface area contributed by atoms with Gasteiger partial charge in [-0.15, -0.1) is 5.10 Å². The normalized spacial score (nSPS) is 10.5. The van der Waals surface area contributed by atoms with Crippen molar-refractivity contribution in [2.75, 3.05) is 5.43 Å². The van der Waals surface area contributed by atoms with Crippen LogP contribution in [0.1, 0.15) is 0 Å². The second-order valence-electron chi connectivity index (χ2n) is 4.17. The van der Waals surface area contributed by atoms with Gasteiger partial charge in [0.25, 0.3) is 0 Å². The highest BCUT2D eigenvalue weighted by molar-refractivity contribution is 6.07. The molecule has 0 bridgehead atoms. The van der Waals surface area contributed by atoms with Crippen LogP contribution in [0.25, 0.3) is 21.8 Å². The Bertz CT molecular complexity index is 721. The summed E-state index contributed by atoms with van der Waals surface area (Å²) in [6.07, 6.45) is 0. The molecule has 5 nitrogen and oxygen atoms in total. The molecule has 0 radical (unpaired) electrons. The standard InChI is InChI=1S/C14H13N5/c15-14(16)19-18-13-9-5-1-3-7-11(9)17-12-8-4-2-6-10(12)13/h1-8H,(H,17,18)(H4,15,16,19). The Kier molecular flexibility index (Phi) is 2.64. The van der Waals surface area contributed by atoms with E-state index in [0.717, 1.165) is 27.5 Å². The van der Waals surface area contributed by atoms with Crippen molar-refractivity contribution in [3.05, 3.63) is 48.5 Å². The van der Waals surface area contributed by atoms with E-state index in [4.69, 9.17) is 11.5 Å². The molecule has 5 N–H and O–H groups in total. The van der Waals surface area contributed by atoms with E-state index in [-0.39, 0.29) is 5.96 Å². The fourth-order valence-corrected chi connectivity index (χ4v) is 2.08. The molecule has 0 saturated carbocycles. The van der Waals surface area contributed by atoms with Crippen LogP contribution in [-0.2, 0) is 0 Å². The van der Waals surface area contributed by atoms with Crippen LogP contribution in [0.3, 0.4) is 0 Å². The van der Waals surface area contributed by atoms with Crippen molar-refractivity contribution in [2.24, 2.45) is 16.6 Å². The molecule has 0 spiro atoms. The van der Waals surface area contributed by atoms with Crippen LogP contribution in [0.5, 0.6) is 0 Å². The number of hydrogen-bond acceptors (Lipinski definition) is 3. The van der Waals surface area contributed by atoms with E-state index in [1.807, 2.05) is 48.5 Å². The smallest absolute Gasteiger partial charge is 0.208 e. The van der Waals surface area contributed by atoms with Crippen molar-refractivity contribution < 1.29 is 0 Å². The zero-order valence-corrected chi connectivity index (χ0v) is 10.2. The number of rotatable bonds is 2. The largest absolute Gasteiger partial charge is 0.369 e. The summed E-state index contributed by atoms with van der Waals surface area (Å²) >= 11 is 0. The number of hydrazone groups is 1. The maximum atomic E-state index is 5.38. The number of nitrogens with two attached hydrogens (primary N) is 2. The Balaban J connectivity index is 2.36. The number of fused-ring (bicyclic) bond motifs is 2.